The van der Waals surface area contributed by atoms with Gasteiger partial charge in [0.05, 0.1) is 30.1 Å². The summed E-state index contributed by atoms with van der Waals surface area (Å²) in [6, 6.07) is 23.3. The Hall–Kier alpha value is -3.78. The average molecular weight is 461 g/mol. The Morgan fingerprint density at radius 2 is 1.88 bits per heavy atom. The molecule has 0 atom stereocenters. The highest BCUT2D eigenvalue weighted by atomic mass is 32.2. The first-order valence-corrected chi connectivity index (χ1v) is 11.3. The number of aromatic nitrogens is 2. The molecule has 0 unspecified atom stereocenters. The molecule has 1 heterocycles. The largest absolute Gasteiger partial charge is 0.493 e. The second kappa shape index (κ2) is 10.7. The first-order chi connectivity index (χ1) is 16.1. The number of carbonyl (C=O) groups is 1. The van der Waals surface area contributed by atoms with Gasteiger partial charge in [0, 0.05) is 7.05 Å². The first-order valence-electron chi connectivity index (χ1n) is 10.3. The predicted octanol–water partition coefficient (Wildman–Crippen LogP) is 4.40. The van der Waals surface area contributed by atoms with Crippen LogP contribution in [-0.4, -0.2) is 34.5 Å². The molecule has 168 valence electrons. The molecule has 3 aromatic carbocycles. The number of hydrazone groups is 1. The molecule has 0 spiro atoms. The molecule has 4 aromatic rings. The average Bonchev–Trinajstić information content (AvgIpc) is 3.18. The van der Waals surface area contributed by atoms with E-state index in [1.807, 2.05) is 84.4 Å². The molecule has 0 aliphatic rings. The number of thioether (sulfide) groups is 1. The molecule has 0 bridgehead atoms. The van der Waals surface area contributed by atoms with E-state index in [0.717, 1.165) is 27.3 Å². The van der Waals surface area contributed by atoms with E-state index in [1.165, 1.54) is 11.8 Å². The number of ether oxygens (including phenoxy) is 2. The Bertz CT molecular complexity index is 1270. The number of fused-ring (bicyclic) bond motifs is 1. The third kappa shape index (κ3) is 5.72. The van der Waals surface area contributed by atoms with Gasteiger partial charge in [0.25, 0.3) is 5.91 Å². The number of aryl methyl sites for hydroxylation is 1. The molecule has 4 rings (SSSR count). The standard InChI is InChI=1S/C25H24N4O3S/c1-29-21-11-7-6-10-20(21)27-25(29)33-17-24(30)28-26-15-19-12-13-22(23(14-19)31-2)32-16-18-8-4-3-5-9-18/h3-15H,16-17H2,1-2H3,(H,28,30). The van der Waals surface area contributed by atoms with Crippen molar-refractivity contribution in [3.05, 3.63) is 83.9 Å². The fourth-order valence-electron chi connectivity index (χ4n) is 3.21. The van der Waals surface area contributed by atoms with Crippen LogP contribution in [0.15, 0.2) is 83.1 Å². The number of hydrogen-bond donors (Lipinski definition) is 1. The van der Waals surface area contributed by atoms with E-state index in [4.69, 9.17) is 9.47 Å². The fraction of sp³-hybridized carbons (Fsp3) is 0.160. The van der Waals surface area contributed by atoms with Crippen molar-refractivity contribution >= 4 is 34.9 Å². The highest BCUT2D eigenvalue weighted by Crippen LogP contribution is 2.28. The summed E-state index contributed by atoms with van der Waals surface area (Å²) in [6.07, 6.45) is 1.57. The second-order valence-corrected chi connectivity index (χ2v) is 8.15. The lowest BCUT2D eigenvalue weighted by Crippen LogP contribution is -2.19. The smallest absolute Gasteiger partial charge is 0.250 e. The molecular formula is C25H24N4O3S. The second-order valence-electron chi connectivity index (χ2n) is 7.21. The van der Waals surface area contributed by atoms with Crippen LogP contribution in [0.4, 0.5) is 0 Å². The van der Waals surface area contributed by atoms with Gasteiger partial charge in [0.1, 0.15) is 6.61 Å². The molecule has 33 heavy (non-hydrogen) atoms. The Morgan fingerprint density at radius 3 is 2.67 bits per heavy atom. The van der Waals surface area contributed by atoms with Gasteiger partial charge in [-0.15, -0.1) is 0 Å². The zero-order chi connectivity index (χ0) is 23.0. The molecule has 7 nitrogen and oxygen atoms in total. The van der Waals surface area contributed by atoms with Gasteiger partial charge in [0.15, 0.2) is 16.7 Å². The quantitative estimate of drug-likeness (QED) is 0.228. The maximum absolute atomic E-state index is 12.2. The number of nitrogens with zero attached hydrogens (tertiary/aromatic N) is 3. The molecule has 8 heteroatoms. The summed E-state index contributed by atoms with van der Waals surface area (Å²) in [5.41, 5.74) is 6.35. The Labute approximate surface area is 196 Å². The van der Waals surface area contributed by atoms with Gasteiger partial charge in [-0.2, -0.15) is 5.10 Å². The number of methoxy groups -OCH3 is 1. The van der Waals surface area contributed by atoms with Gasteiger partial charge in [-0.3, -0.25) is 4.79 Å². The van der Waals surface area contributed by atoms with Gasteiger partial charge in [-0.1, -0.05) is 54.2 Å². The van der Waals surface area contributed by atoms with E-state index in [9.17, 15) is 4.79 Å². The van der Waals surface area contributed by atoms with Crippen LogP contribution in [0.3, 0.4) is 0 Å². The molecule has 1 aromatic heterocycles. The molecule has 1 N–H and O–H groups in total. The van der Waals surface area contributed by atoms with Crippen molar-refractivity contribution < 1.29 is 14.3 Å². The number of rotatable bonds is 9. The van der Waals surface area contributed by atoms with E-state index in [-0.39, 0.29) is 11.7 Å². The fourth-order valence-corrected chi connectivity index (χ4v) is 3.99. The maximum Gasteiger partial charge on any atom is 0.250 e. The van der Waals surface area contributed by atoms with Crippen LogP contribution in [-0.2, 0) is 18.4 Å². The number of para-hydroxylation sites is 2. The van der Waals surface area contributed by atoms with Crippen LogP contribution in [0, 0.1) is 0 Å². The molecule has 0 aliphatic heterocycles. The van der Waals surface area contributed by atoms with Crippen LogP contribution in [0.1, 0.15) is 11.1 Å². The summed E-state index contributed by atoms with van der Waals surface area (Å²) in [5, 5.41) is 4.84. The van der Waals surface area contributed by atoms with Crippen LogP contribution < -0.4 is 14.9 Å². The van der Waals surface area contributed by atoms with Crippen molar-refractivity contribution in [1.29, 1.82) is 0 Å². The topological polar surface area (TPSA) is 77.7 Å². The van der Waals surface area contributed by atoms with Crippen LogP contribution in [0.25, 0.3) is 11.0 Å². The molecule has 0 fully saturated rings. The highest BCUT2D eigenvalue weighted by molar-refractivity contribution is 7.99. The van der Waals surface area contributed by atoms with Crippen LogP contribution in [0.5, 0.6) is 11.5 Å². The molecule has 0 aliphatic carbocycles. The summed E-state index contributed by atoms with van der Waals surface area (Å²) in [7, 11) is 3.53. The van der Waals surface area contributed by atoms with Crippen molar-refractivity contribution in [3.8, 4) is 11.5 Å². The first kappa shape index (κ1) is 22.4. The minimum Gasteiger partial charge on any atom is -0.493 e. The zero-order valence-corrected chi connectivity index (χ0v) is 19.2. The Balaban J connectivity index is 1.30. The molecule has 1 amide bonds. The van der Waals surface area contributed by atoms with Crippen molar-refractivity contribution in [2.45, 2.75) is 11.8 Å². The number of amides is 1. The normalized spacial score (nSPS) is 11.1. The number of carbonyl (C=O) groups excluding carboxylic acids is 1. The minimum atomic E-state index is -0.210. The highest BCUT2D eigenvalue weighted by Gasteiger charge is 2.10. The lowest BCUT2D eigenvalue weighted by molar-refractivity contribution is -0.118. The molecule has 0 saturated carbocycles. The molecule has 0 saturated heterocycles. The number of nitrogens with one attached hydrogen (secondary N) is 1. The van der Waals surface area contributed by atoms with Gasteiger partial charge in [-0.25, -0.2) is 10.4 Å². The van der Waals surface area contributed by atoms with Crippen LogP contribution in [0.2, 0.25) is 0 Å². The summed E-state index contributed by atoms with van der Waals surface area (Å²) in [4.78, 5) is 16.8. The minimum absolute atomic E-state index is 0.210. The zero-order valence-electron chi connectivity index (χ0n) is 18.4. The number of benzene rings is 3. The van der Waals surface area contributed by atoms with Gasteiger partial charge >= 0.3 is 0 Å². The third-order valence-electron chi connectivity index (χ3n) is 4.91. The summed E-state index contributed by atoms with van der Waals surface area (Å²) in [6.45, 7) is 0.448. The van der Waals surface area contributed by atoms with Gasteiger partial charge < -0.3 is 14.0 Å². The molecular weight excluding hydrogens is 436 g/mol. The van der Waals surface area contributed by atoms with E-state index in [0.29, 0.717) is 18.1 Å². The van der Waals surface area contributed by atoms with E-state index in [2.05, 4.69) is 15.5 Å². The van der Waals surface area contributed by atoms with Crippen molar-refractivity contribution in [1.82, 2.24) is 15.0 Å². The van der Waals surface area contributed by atoms with E-state index in [1.54, 1.807) is 13.3 Å². The van der Waals surface area contributed by atoms with Gasteiger partial charge in [0.2, 0.25) is 0 Å². The summed E-state index contributed by atoms with van der Waals surface area (Å²) < 4.78 is 13.3. The van der Waals surface area contributed by atoms with Gasteiger partial charge in [-0.05, 0) is 41.5 Å². The monoisotopic (exact) mass is 460 g/mol. The lowest BCUT2D eigenvalue weighted by atomic mass is 10.2. The SMILES string of the molecule is COc1cc(C=NNC(=O)CSc2nc3ccccc3n2C)ccc1OCc1ccccc1. The third-order valence-corrected chi connectivity index (χ3v) is 5.94. The predicted molar refractivity (Wildman–Crippen MR) is 131 cm³/mol. The summed E-state index contributed by atoms with van der Waals surface area (Å²) in [5.74, 6) is 1.24. The molecule has 0 radical (unpaired) electrons. The maximum atomic E-state index is 12.2. The van der Waals surface area contributed by atoms with Crippen molar-refractivity contribution in [2.75, 3.05) is 12.9 Å². The number of hydrogen-bond acceptors (Lipinski definition) is 6. The van der Waals surface area contributed by atoms with E-state index < -0.39 is 0 Å². The van der Waals surface area contributed by atoms with Crippen molar-refractivity contribution in [2.24, 2.45) is 12.1 Å². The van der Waals surface area contributed by atoms with Crippen LogP contribution >= 0.6 is 11.8 Å². The Kier molecular flexibility index (Phi) is 7.26. The lowest BCUT2D eigenvalue weighted by Gasteiger charge is -2.11. The Morgan fingerprint density at radius 1 is 1.09 bits per heavy atom. The van der Waals surface area contributed by atoms with E-state index >= 15 is 0 Å². The van der Waals surface area contributed by atoms with Crippen molar-refractivity contribution in [3.63, 3.8) is 0 Å². The number of imidazole rings is 1. The summed E-state index contributed by atoms with van der Waals surface area (Å²) >= 11 is 1.37.